The Morgan fingerprint density at radius 2 is 1.69 bits per heavy atom. The predicted molar refractivity (Wildman–Crippen MR) is 58.8 cm³/mol. The first-order valence-electron chi connectivity index (χ1n) is 5.64. The Balaban J connectivity index is 3.27. The zero-order valence-corrected chi connectivity index (χ0v) is 9.44. The lowest BCUT2D eigenvalue weighted by Gasteiger charge is -2.03. The molecule has 0 aliphatic rings. The maximum atomic E-state index is 5.46. The molecule has 0 atom stereocenters. The summed E-state index contributed by atoms with van der Waals surface area (Å²) in [4.78, 5) is 0. The second-order valence-electron chi connectivity index (χ2n) is 3.41. The van der Waals surface area contributed by atoms with Gasteiger partial charge in [-0.05, 0) is 24.8 Å². The lowest BCUT2D eigenvalue weighted by molar-refractivity contribution is 0.237. The van der Waals surface area contributed by atoms with Crippen molar-refractivity contribution in [3.05, 3.63) is 11.8 Å². The Morgan fingerprint density at radius 3 is 2.23 bits per heavy atom. The van der Waals surface area contributed by atoms with Crippen LogP contribution in [-0.4, -0.2) is 6.61 Å². The molecule has 0 saturated heterocycles. The molecule has 0 aliphatic heterocycles. The number of hydrogen-bond acceptors (Lipinski definition) is 1. The molecule has 1 heteroatoms. The van der Waals surface area contributed by atoms with Crippen LogP contribution in [0.2, 0.25) is 0 Å². The van der Waals surface area contributed by atoms with Gasteiger partial charge in [0, 0.05) is 0 Å². The molecular formula is C12H24O. The van der Waals surface area contributed by atoms with E-state index in [1.54, 1.807) is 0 Å². The van der Waals surface area contributed by atoms with Crippen molar-refractivity contribution in [1.29, 1.82) is 0 Å². The number of unbranched alkanes of at least 4 members (excludes halogenated alkanes) is 3. The first kappa shape index (κ1) is 12.5. The van der Waals surface area contributed by atoms with Gasteiger partial charge in [0.05, 0.1) is 12.9 Å². The minimum Gasteiger partial charge on any atom is -0.501 e. The molecule has 0 fully saturated rings. The molecule has 0 bridgehead atoms. The quantitative estimate of drug-likeness (QED) is 0.404. The molecule has 0 aliphatic carbocycles. The van der Waals surface area contributed by atoms with E-state index in [0.29, 0.717) is 0 Å². The van der Waals surface area contributed by atoms with Gasteiger partial charge in [0.15, 0.2) is 0 Å². The number of rotatable bonds is 8. The van der Waals surface area contributed by atoms with Crippen molar-refractivity contribution in [1.82, 2.24) is 0 Å². The summed E-state index contributed by atoms with van der Waals surface area (Å²) in [7, 11) is 0. The molecular weight excluding hydrogens is 160 g/mol. The van der Waals surface area contributed by atoms with Crippen LogP contribution in [0.25, 0.3) is 0 Å². The highest BCUT2D eigenvalue weighted by Gasteiger charge is 1.90. The summed E-state index contributed by atoms with van der Waals surface area (Å²) >= 11 is 0. The molecule has 1 nitrogen and oxygen atoms in total. The summed E-state index contributed by atoms with van der Waals surface area (Å²) in [5.41, 5.74) is 1.41. The summed E-state index contributed by atoms with van der Waals surface area (Å²) in [6.07, 6.45) is 9.32. The molecule has 13 heavy (non-hydrogen) atoms. The third-order valence-electron chi connectivity index (χ3n) is 2.27. The Labute approximate surface area is 83.2 Å². The van der Waals surface area contributed by atoms with Crippen molar-refractivity contribution in [2.75, 3.05) is 6.61 Å². The summed E-state index contributed by atoms with van der Waals surface area (Å²) in [6, 6.07) is 0. The Hall–Kier alpha value is -0.460. The van der Waals surface area contributed by atoms with E-state index in [-0.39, 0.29) is 0 Å². The average Bonchev–Trinajstić information content (AvgIpc) is 2.17. The van der Waals surface area contributed by atoms with E-state index in [4.69, 9.17) is 4.74 Å². The molecule has 0 N–H and O–H groups in total. The molecule has 0 amide bonds. The van der Waals surface area contributed by atoms with Crippen LogP contribution in [0.5, 0.6) is 0 Å². The Bertz CT molecular complexity index is 121. The van der Waals surface area contributed by atoms with Crippen molar-refractivity contribution >= 4 is 0 Å². The highest BCUT2D eigenvalue weighted by atomic mass is 16.5. The topological polar surface area (TPSA) is 9.23 Å². The highest BCUT2D eigenvalue weighted by Crippen LogP contribution is 2.06. The van der Waals surface area contributed by atoms with Gasteiger partial charge in [-0.2, -0.15) is 0 Å². The van der Waals surface area contributed by atoms with Crippen LogP contribution in [0.1, 0.15) is 59.3 Å². The molecule has 0 aromatic carbocycles. The van der Waals surface area contributed by atoms with Crippen LogP contribution in [0.15, 0.2) is 11.8 Å². The van der Waals surface area contributed by atoms with Gasteiger partial charge in [-0.3, -0.25) is 0 Å². The van der Waals surface area contributed by atoms with E-state index in [1.807, 2.05) is 6.26 Å². The smallest absolute Gasteiger partial charge is 0.0873 e. The minimum absolute atomic E-state index is 0.892. The average molecular weight is 184 g/mol. The number of allylic oxidation sites excluding steroid dienone is 1. The van der Waals surface area contributed by atoms with Crippen LogP contribution in [0.3, 0.4) is 0 Å². The van der Waals surface area contributed by atoms with Gasteiger partial charge >= 0.3 is 0 Å². The van der Waals surface area contributed by atoms with E-state index < -0.39 is 0 Å². The van der Waals surface area contributed by atoms with Crippen molar-refractivity contribution in [3.63, 3.8) is 0 Å². The van der Waals surface area contributed by atoms with Crippen molar-refractivity contribution < 1.29 is 4.74 Å². The predicted octanol–water partition coefficient (Wildman–Crippen LogP) is 4.29. The zero-order chi connectivity index (χ0) is 9.94. The minimum atomic E-state index is 0.892. The van der Waals surface area contributed by atoms with Gasteiger partial charge in [-0.1, -0.05) is 40.0 Å². The van der Waals surface area contributed by atoms with Gasteiger partial charge in [0.2, 0.25) is 0 Å². The van der Waals surface area contributed by atoms with E-state index in [1.165, 1.54) is 31.3 Å². The molecule has 78 valence electrons. The molecule has 0 unspecified atom stereocenters. The first-order valence-corrected chi connectivity index (χ1v) is 5.64. The van der Waals surface area contributed by atoms with Crippen LogP contribution < -0.4 is 0 Å². The van der Waals surface area contributed by atoms with Crippen LogP contribution in [-0.2, 0) is 4.74 Å². The van der Waals surface area contributed by atoms with Gasteiger partial charge in [0.1, 0.15) is 0 Å². The third kappa shape index (κ3) is 7.89. The largest absolute Gasteiger partial charge is 0.501 e. The highest BCUT2D eigenvalue weighted by molar-refractivity contribution is 4.95. The lowest BCUT2D eigenvalue weighted by atomic mass is 10.2. The van der Waals surface area contributed by atoms with Crippen molar-refractivity contribution in [2.45, 2.75) is 59.3 Å². The second-order valence-corrected chi connectivity index (χ2v) is 3.41. The second kappa shape index (κ2) is 9.63. The lowest BCUT2D eigenvalue weighted by Crippen LogP contribution is -1.89. The van der Waals surface area contributed by atoms with Gasteiger partial charge in [-0.25, -0.2) is 0 Å². The van der Waals surface area contributed by atoms with E-state index >= 15 is 0 Å². The van der Waals surface area contributed by atoms with Crippen LogP contribution in [0.4, 0.5) is 0 Å². The van der Waals surface area contributed by atoms with E-state index in [0.717, 1.165) is 19.4 Å². The monoisotopic (exact) mass is 184 g/mol. The molecule has 0 aromatic rings. The first-order chi connectivity index (χ1) is 6.35. The fourth-order valence-corrected chi connectivity index (χ4v) is 1.21. The van der Waals surface area contributed by atoms with E-state index in [2.05, 4.69) is 20.8 Å². The van der Waals surface area contributed by atoms with Crippen LogP contribution in [0, 0.1) is 0 Å². The van der Waals surface area contributed by atoms with Crippen LogP contribution >= 0.6 is 0 Å². The maximum Gasteiger partial charge on any atom is 0.0873 e. The fourth-order valence-electron chi connectivity index (χ4n) is 1.21. The molecule has 0 rings (SSSR count). The van der Waals surface area contributed by atoms with Gasteiger partial charge < -0.3 is 4.74 Å². The Kier molecular flexibility index (Phi) is 9.29. The summed E-state index contributed by atoms with van der Waals surface area (Å²) in [5.74, 6) is 0. The molecule has 0 heterocycles. The van der Waals surface area contributed by atoms with Crippen molar-refractivity contribution in [2.24, 2.45) is 0 Å². The Morgan fingerprint density at radius 1 is 1.00 bits per heavy atom. The van der Waals surface area contributed by atoms with Crippen molar-refractivity contribution in [3.8, 4) is 0 Å². The molecule has 0 saturated carbocycles. The SMILES string of the molecule is CCCCCCOC=C(CC)CC. The fraction of sp³-hybridized carbons (Fsp3) is 0.833. The van der Waals surface area contributed by atoms with E-state index in [9.17, 15) is 0 Å². The zero-order valence-electron chi connectivity index (χ0n) is 9.44. The standard InChI is InChI=1S/C12H24O/c1-4-7-8-9-10-13-11-12(5-2)6-3/h11H,4-10H2,1-3H3. The molecule has 0 spiro atoms. The van der Waals surface area contributed by atoms with Gasteiger partial charge in [0.25, 0.3) is 0 Å². The summed E-state index contributed by atoms with van der Waals surface area (Å²) in [5, 5.41) is 0. The number of ether oxygens (including phenoxy) is 1. The number of hydrogen-bond donors (Lipinski definition) is 0. The molecule has 0 aromatic heterocycles. The normalized spacial score (nSPS) is 9.77. The summed E-state index contributed by atoms with van der Waals surface area (Å²) in [6.45, 7) is 7.47. The summed E-state index contributed by atoms with van der Waals surface area (Å²) < 4.78 is 5.46. The maximum absolute atomic E-state index is 5.46. The molecule has 0 radical (unpaired) electrons. The third-order valence-corrected chi connectivity index (χ3v) is 2.27. The van der Waals surface area contributed by atoms with Gasteiger partial charge in [-0.15, -0.1) is 0 Å².